The molecule has 31 heavy (non-hydrogen) atoms. The lowest BCUT2D eigenvalue weighted by atomic mass is 9.89. The fraction of sp³-hybridized carbons (Fsp3) is 0.600. The Bertz CT molecular complexity index is 1130. The van der Waals surface area contributed by atoms with Crippen molar-refractivity contribution in [3.05, 3.63) is 32.6 Å². The van der Waals surface area contributed by atoms with E-state index in [1.165, 1.54) is 38.2 Å². The van der Waals surface area contributed by atoms with Gasteiger partial charge in [0.25, 0.3) is 11.2 Å². The first-order valence-electron chi connectivity index (χ1n) is 10.3. The number of hydrogen-bond donors (Lipinski definition) is 0. The van der Waals surface area contributed by atoms with E-state index in [2.05, 4.69) is 16.9 Å². The van der Waals surface area contributed by atoms with Crippen LogP contribution >= 0.6 is 11.3 Å². The van der Waals surface area contributed by atoms with Crippen LogP contribution in [0.3, 0.4) is 0 Å². The second-order valence-electron chi connectivity index (χ2n) is 8.34. The Kier molecular flexibility index (Phi) is 7.28. The lowest BCUT2D eigenvalue weighted by Gasteiger charge is -2.28. The molecule has 3 rings (SSSR count). The molecule has 0 radical (unpaired) electrons. The number of nitro benzene ring substituents is 1. The van der Waals surface area contributed by atoms with Gasteiger partial charge in [0.05, 0.1) is 15.2 Å². The normalized spacial score (nSPS) is 15.5. The number of non-ortho nitro benzene ring substituents is 1. The van der Waals surface area contributed by atoms with Gasteiger partial charge >= 0.3 is 0 Å². The van der Waals surface area contributed by atoms with Crippen LogP contribution in [0.5, 0.6) is 0 Å². The van der Waals surface area contributed by atoms with Crippen molar-refractivity contribution in [2.45, 2.75) is 37.0 Å². The molecule has 1 aliphatic rings. The highest BCUT2D eigenvalue weighted by atomic mass is 32.2. The Labute approximate surface area is 185 Å². The molecule has 1 aromatic heterocycles. The monoisotopic (exact) mass is 468 g/mol. The van der Waals surface area contributed by atoms with Crippen molar-refractivity contribution < 1.29 is 13.3 Å². The third kappa shape index (κ3) is 5.78. The number of nitro groups is 1. The van der Waals surface area contributed by atoms with Crippen LogP contribution in [-0.4, -0.2) is 63.2 Å². The molecule has 0 amide bonds. The number of sulfone groups is 1. The average molecular weight is 469 g/mol. The fourth-order valence-corrected chi connectivity index (χ4v) is 5.66. The minimum Gasteiger partial charge on any atom is -0.350 e. The van der Waals surface area contributed by atoms with Crippen molar-refractivity contribution in [3.8, 4) is 0 Å². The summed E-state index contributed by atoms with van der Waals surface area (Å²) in [5.74, 6) is 0.727. The molecule has 0 N–H and O–H groups in total. The van der Waals surface area contributed by atoms with E-state index < -0.39 is 26.0 Å². The third-order valence-corrected chi connectivity index (χ3v) is 8.04. The van der Waals surface area contributed by atoms with Gasteiger partial charge in [-0.3, -0.25) is 14.9 Å². The Balaban J connectivity index is 1.82. The number of aromatic nitrogens is 1. The molecule has 1 aromatic carbocycles. The fourth-order valence-electron chi connectivity index (χ4n) is 3.95. The van der Waals surface area contributed by atoms with Crippen LogP contribution in [0.4, 0.5) is 10.8 Å². The summed E-state index contributed by atoms with van der Waals surface area (Å²) in [5, 5.41) is 11.9. The number of nitrogens with zero attached hydrogens (tertiary/aromatic N) is 4. The summed E-state index contributed by atoms with van der Waals surface area (Å²) >= 11 is 1.03. The smallest absolute Gasteiger partial charge is 0.288 e. The summed E-state index contributed by atoms with van der Waals surface area (Å²) in [5.41, 5.74) is -1.06. The van der Waals surface area contributed by atoms with E-state index in [0.717, 1.165) is 42.7 Å². The third-order valence-electron chi connectivity index (χ3n) is 5.73. The molecule has 1 aliphatic carbocycles. The number of hydrogen-bond acceptors (Lipinski definition) is 9. The van der Waals surface area contributed by atoms with Gasteiger partial charge in [-0.25, -0.2) is 8.42 Å². The Hall–Kier alpha value is -2.11. The van der Waals surface area contributed by atoms with Gasteiger partial charge in [-0.1, -0.05) is 30.6 Å². The highest BCUT2D eigenvalue weighted by Gasteiger charge is 2.23. The Morgan fingerprint density at radius 2 is 1.87 bits per heavy atom. The molecular formula is C20H28N4O5S2. The van der Waals surface area contributed by atoms with Gasteiger partial charge in [0.1, 0.15) is 4.70 Å². The van der Waals surface area contributed by atoms with E-state index in [9.17, 15) is 23.3 Å². The molecule has 1 saturated carbocycles. The molecule has 11 heteroatoms. The van der Waals surface area contributed by atoms with Gasteiger partial charge < -0.3 is 9.80 Å². The quantitative estimate of drug-likeness (QED) is 0.429. The van der Waals surface area contributed by atoms with Gasteiger partial charge in [-0.2, -0.15) is 4.98 Å². The van der Waals surface area contributed by atoms with Crippen LogP contribution in [0, 0.1) is 16.0 Å². The van der Waals surface area contributed by atoms with E-state index >= 15 is 0 Å². The van der Waals surface area contributed by atoms with Crippen LogP contribution in [0.15, 0.2) is 21.8 Å². The van der Waals surface area contributed by atoms with Crippen molar-refractivity contribution in [2.75, 3.05) is 44.9 Å². The highest BCUT2D eigenvalue weighted by molar-refractivity contribution is 7.90. The van der Waals surface area contributed by atoms with Crippen LogP contribution in [0.2, 0.25) is 0 Å². The van der Waals surface area contributed by atoms with Crippen molar-refractivity contribution in [1.29, 1.82) is 0 Å². The predicted octanol–water partition coefficient (Wildman–Crippen LogP) is 2.92. The number of rotatable bonds is 8. The average Bonchev–Trinajstić information content (AvgIpc) is 2.71. The van der Waals surface area contributed by atoms with Crippen molar-refractivity contribution in [3.63, 3.8) is 0 Å². The van der Waals surface area contributed by atoms with E-state index in [1.807, 2.05) is 4.90 Å². The van der Waals surface area contributed by atoms with Crippen molar-refractivity contribution in [1.82, 2.24) is 9.88 Å². The molecular weight excluding hydrogens is 440 g/mol. The highest BCUT2D eigenvalue weighted by Crippen LogP contribution is 2.33. The van der Waals surface area contributed by atoms with Gasteiger partial charge in [-0.05, 0) is 31.9 Å². The predicted molar refractivity (Wildman–Crippen MR) is 123 cm³/mol. The zero-order valence-corrected chi connectivity index (χ0v) is 19.7. The second-order valence-corrected chi connectivity index (χ2v) is 11.3. The maximum Gasteiger partial charge on any atom is 0.288 e. The molecule has 170 valence electrons. The molecule has 0 bridgehead atoms. The molecule has 0 unspecified atom stereocenters. The summed E-state index contributed by atoms with van der Waals surface area (Å²) in [6, 6.07) is 2.18. The first-order valence-corrected chi connectivity index (χ1v) is 13.0. The maximum absolute atomic E-state index is 12.6. The van der Waals surface area contributed by atoms with Gasteiger partial charge in [0, 0.05) is 39.0 Å². The Morgan fingerprint density at radius 1 is 1.19 bits per heavy atom. The summed E-state index contributed by atoms with van der Waals surface area (Å²) in [6.45, 7) is 2.44. The SMILES string of the molecule is CN(CCN(C)c1nc(=O)c2cc(S(C)(=O)=O)cc([N+](=O)[O-])c2s1)CC1CCCCC1. The number of likely N-dealkylation sites (N-methyl/N-ethyl adjacent to an activating group) is 2. The maximum atomic E-state index is 12.6. The van der Waals surface area contributed by atoms with Crippen LogP contribution in [0.25, 0.3) is 10.1 Å². The lowest BCUT2D eigenvalue weighted by Crippen LogP contribution is -2.34. The molecule has 0 saturated heterocycles. The van der Waals surface area contributed by atoms with E-state index in [4.69, 9.17) is 0 Å². The van der Waals surface area contributed by atoms with Crippen molar-refractivity contribution >= 4 is 42.1 Å². The Morgan fingerprint density at radius 3 is 2.48 bits per heavy atom. The van der Waals surface area contributed by atoms with E-state index in [1.54, 1.807) is 7.05 Å². The van der Waals surface area contributed by atoms with Crippen LogP contribution in [-0.2, 0) is 9.84 Å². The standard InChI is InChI=1S/C20H28N4O5S2/c1-22(13-14-7-5-4-6-8-14)9-10-23(2)20-21-19(25)16-11-15(31(3,28)29)12-17(24(26)27)18(16)30-20/h11-12,14H,4-10,13H2,1-3H3. The summed E-state index contributed by atoms with van der Waals surface area (Å²) in [4.78, 5) is 31.4. The zero-order valence-electron chi connectivity index (χ0n) is 18.0. The van der Waals surface area contributed by atoms with Gasteiger partial charge in [0.15, 0.2) is 15.0 Å². The second kappa shape index (κ2) is 9.58. The molecule has 1 fully saturated rings. The number of benzene rings is 1. The van der Waals surface area contributed by atoms with E-state index in [-0.39, 0.29) is 15.0 Å². The topological polar surface area (TPSA) is 114 Å². The lowest BCUT2D eigenvalue weighted by molar-refractivity contribution is -0.383. The van der Waals surface area contributed by atoms with Gasteiger partial charge in [0.2, 0.25) is 0 Å². The molecule has 9 nitrogen and oxygen atoms in total. The first-order chi connectivity index (χ1) is 14.6. The minimum absolute atomic E-state index is 0.0498. The zero-order chi connectivity index (χ0) is 22.8. The number of anilines is 1. The number of fused-ring (bicyclic) bond motifs is 1. The molecule has 2 aromatic rings. The molecule has 0 aliphatic heterocycles. The summed E-state index contributed by atoms with van der Waals surface area (Å²) in [7, 11) is 0.174. The summed E-state index contributed by atoms with van der Waals surface area (Å²) < 4.78 is 23.9. The first kappa shape index (κ1) is 23.6. The summed E-state index contributed by atoms with van der Waals surface area (Å²) in [6.07, 6.45) is 7.42. The minimum atomic E-state index is -3.71. The van der Waals surface area contributed by atoms with Crippen LogP contribution < -0.4 is 10.5 Å². The largest absolute Gasteiger partial charge is 0.350 e. The van der Waals surface area contributed by atoms with E-state index in [0.29, 0.717) is 11.7 Å². The van der Waals surface area contributed by atoms with Crippen molar-refractivity contribution in [2.24, 2.45) is 5.92 Å². The van der Waals surface area contributed by atoms with Gasteiger partial charge in [-0.15, -0.1) is 0 Å². The molecule has 0 atom stereocenters. The molecule has 1 heterocycles. The molecule has 0 spiro atoms. The van der Waals surface area contributed by atoms with Crippen LogP contribution in [0.1, 0.15) is 32.1 Å².